The number of nitrogens with one attached hydrogen (secondary N) is 5. The molecule has 0 aromatic heterocycles. The Balaban J connectivity index is 5.32. The molecular formula is C49H92N6O13. The maximum atomic E-state index is 14.0. The number of esters is 4. The highest BCUT2D eigenvalue weighted by Crippen LogP contribution is 2.23. The smallest absolute Gasteiger partial charge is 0.306 e. The molecule has 0 bridgehead atoms. The molecule has 4 atom stereocenters. The van der Waals surface area contributed by atoms with E-state index in [4.69, 9.17) is 34.2 Å². The van der Waals surface area contributed by atoms with Crippen LogP contribution in [-0.2, 0) is 62.0 Å². The van der Waals surface area contributed by atoms with Crippen molar-refractivity contribution in [3.63, 3.8) is 0 Å². The van der Waals surface area contributed by atoms with Crippen LogP contribution in [0.2, 0.25) is 0 Å². The number of Topliss-reactive ketones (excluding diaryl/α,β-unsaturated/α-hetero) is 2. The van der Waals surface area contributed by atoms with Gasteiger partial charge in [0.2, 0.25) is 12.2 Å². The summed E-state index contributed by atoms with van der Waals surface area (Å²) in [6.07, 6.45) is 6.77. The molecule has 19 nitrogen and oxygen atoms in total. The van der Waals surface area contributed by atoms with Gasteiger partial charge in [0.05, 0.1) is 13.2 Å². The first-order chi connectivity index (χ1) is 33.0. The molecule has 0 radical (unpaired) electrons. The van der Waals surface area contributed by atoms with E-state index in [0.29, 0.717) is 52.1 Å². The molecule has 396 valence electrons. The molecule has 0 aromatic rings. The van der Waals surface area contributed by atoms with Crippen LogP contribution in [0.15, 0.2) is 0 Å². The molecule has 4 unspecified atom stereocenters. The van der Waals surface area contributed by atoms with Gasteiger partial charge >= 0.3 is 23.9 Å². The zero-order valence-corrected chi connectivity index (χ0v) is 42.5. The van der Waals surface area contributed by atoms with Crippen LogP contribution in [0.1, 0.15) is 156 Å². The second kappa shape index (κ2) is 45.8. The summed E-state index contributed by atoms with van der Waals surface area (Å²) < 4.78 is 32.8. The Labute approximate surface area is 407 Å². The topological polar surface area (TPSA) is 261 Å². The summed E-state index contributed by atoms with van der Waals surface area (Å²) in [7, 11) is 1.59. The quantitative estimate of drug-likeness (QED) is 0.0288. The van der Waals surface area contributed by atoms with Gasteiger partial charge in [-0.25, -0.2) is 0 Å². The Morgan fingerprint density at radius 2 is 0.838 bits per heavy atom. The molecule has 0 saturated carbocycles. The third kappa shape index (κ3) is 35.5. The number of hydrogen-bond acceptors (Lipinski definition) is 18. The zero-order chi connectivity index (χ0) is 50.5. The highest BCUT2D eigenvalue weighted by Gasteiger charge is 2.49. The Hall–Kier alpha value is -3.59. The maximum absolute atomic E-state index is 14.0. The van der Waals surface area contributed by atoms with Gasteiger partial charge in [-0.05, 0) is 45.3 Å². The SMILES string of the molecule is CCC(=O)OC(C(=O)CCCNCCNCCNCCNCCCC(=O)COCCOC)C(OC(=O)CC)C(OC(=O)CC)C(OC(=O)CC)C(=O)NCCCCCCCCCCCCCCN. The predicted octanol–water partition coefficient (Wildman–Crippen LogP) is 3.75. The molecule has 0 aromatic carbocycles. The fourth-order valence-corrected chi connectivity index (χ4v) is 6.83. The van der Waals surface area contributed by atoms with E-state index in [-0.39, 0.29) is 51.0 Å². The molecule has 1 amide bonds. The largest absolute Gasteiger partial charge is 0.454 e. The van der Waals surface area contributed by atoms with Crippen LogP contribution in [-0.4, -0.2) is 158 Å². The standard InChI is InChI=1S/C49H92N6O13/c1-6-41(58)65-45(40(57)25-23-28-52-31-33-54-35-34-53-32-30-51-27-22-24-39(56)38-64-37-36-63-5)46(66-42(59)7-2)47(67-43(60)8-3)48(68-44(61)9-4)49(62)55-29-21-19-17-15-13-11-10-12-14-16-18-20-26-50/h45-48,51-54H,6-38,50H2,1-5H3,(H,55,62). The van der Waals surface area contributed by atoms with Crippen molar-refractivity contribution in [1.82, 2.24) is 26.6 Å². The van der Waals surface area contributed by atoms with Crippen LogP contribution in [0.3, 0.4) is 0 Å². The van der Waals surface area contributed by atoms with Crippen molar-refractivity contribution in [3.8, 4) is 0 Å². The van der Waals surface area contributed by atoms with E-state index in [1.807, 2.05) is 0 Å². The minimum Gasteiger partial charge on any atom is -0.454 e. The summed E-state index contributed by atoms with van der Waals surface area (Å²) >= 11 is 0. The van der Waals surface area contributed by atoms with Gasteiger partial charge in [-0.1, -0.05) is 91.9 Å². The van der Waals surface area contributed by atoms with Gasteiger partial charge in [0.1, 0.15) is 6.61 Å². The molecule has 19 heteroatoms. The van der Waals surface area contributed by atoms with Crippen molar-refractivity contribution in [2.75, 3.05) is 92.4 Å². The summed E-state index contributed by atoms with van der Waals surface area (Å²) in [5.41, 5.74) is 5.57. The number of carbonyl (C=O) groups excluding carboxylic acids is 7. The molecule has 0 aliphatic rings. The number of amides is 1. The average Bonchev–Trinajstić information content (AvgIpc) is 3.34. The first kappa shape index (κ1) is 64.4. The lowest BCUT2D eigenvalue weighted by atomic mass is 9.96. The molecule has 0 aliphatic carbocycles. The van der Waals surface area contributed by atoms with Gasteiger partial charge in [-0.3, -0.25) is 33.6 Å². The third-order valence-electron chi connectivity index (χ3n) is 10.8. The first-order valence-corrected chi connectivity index (χ1v) is 25.7. The first-order valence-electron chi connectivity index (χ1n) is 25.7. The highest BCUT2D eigenvalue weighted by atomic mass is 16.6. The third-order valence-corrected chi connectivity index (χ3v) is 10.8. The minimum atomic E-state index is -1.83. The number of rotatable bonds is 49. The van der Waals surface area contributed by atoms with Crippen molar-refractivity contribution in [2.45, 2.75) is 181 Å². The van der Waals surface area contributed by atoms with E-state index >= 15 is 0 Å². The Kier molecular flexibility index (Phi) is 43.4. The Bertz CT molecular complexity index is 1340. The maximum Gasteiger partial charge on any atom is 0.306 e. The van der Waals surface area contributed by atoms with Gasteiger partial charge in [0, 0.05) is 91.4 Å². The molecule has 0 spiro atoms. The monoisotopic (exact) mass is 973 g/mol. The predicted molar refractivity (Wildman–Crippen MR) is 261 cm³/mol. The number of methoxy groups -OCH3 is 1. The summed E-state index contributed by atoms with van der Waals surface area (Å²) in [5, 5.41) is 16.0. The van der Waals surface area contributed by atoms with Crippen molar-refractivity contribution in [3.05, 3.63) is 0 Å². The molecule has 68 heavy (non-hydrogen) atoms. The van der Waals surface area contributed by atoms with Gasteiger partial charge < -0.3 is 60.7 Å². The van der Waals surface area contributed by atoms with Crippen molar-refractivity contribution >= 4 is 41.4 Å². The summed E-state index contributed by atoms with van der Waals surface area (Å²) in [4.78, 5) is 91.2. The van der Waals surface area contributed by atoms with Gasteiger partial charge in [-0.15, -0.1) is 0 Å². The van der Waals surface area contributed by atoms with Crippen LogP contribution >= 0.6 is 0 Å². The van der Waals surface area contributed by atoms with Gasteiger partial charge in [0.25, 0.3) is 5.91 Å². The number of ketones is 2. The molecular weight excluding hydrogens is 881 g/mol. The van der Waals surface area contributed by atoms with Crippen molar-refractivity contribution < 1.29 is 62.0 Å². The summed E-state index contributed by atoms with van der Waals surface area (Å²) in [6, 6.07) is 0. The minimum absolute atomic E-state index is 0.0824. The lowest BCUT2D eigenvalue weighted by Crippen LogP contribution is -2.58. The van der Waals surface area contributed by atoms with E-state index in [2.05, 4.69) is 26.6 Å². The fourth-order valence-electron chi connectivity index (χ4n) is 6.83. The Morgan fingerprint density at radius 3 is 1.29 bits per heavy atom. The molecule has 7 N–H and O–H groups in total. The number of nitrogens with two attached hydrogens (primary N) is 1. The van der Waals surface area contributed by atoms with Crippen molar-refractivity contribution in [1.29, 1.82) is 0 Å². The number of carbonyl (C=O) groups is 7. The van der Waals surface area contributed by atoms with Crippen LogP contribution in [0.5, 0.6) is 0 Å². The van der Waals surface area contributed by atoms with Gasteiger partial charge in [0.15, 0.2) is 23.8 Å². The number of unbranched alkanes of at least 4 members (excludes halogenated alkanes) is 11. The van der Waals surface area contributed by atoms with E-state index in [1.165, 1.54) is 66.2 Å². The lowest BCUT2D eigenvalue weighted by molar-refractivity contribution is -0.202. The van der Waals surface area contributed by atoms with E-state index in [9.17, 15) is 33.6 Å². The molecule has 0 heterocycles. The normalized spacial score (nSPS) is 13.0. The van der Waals surface area contributed by atoms with Crippen LogP contribution in [0.25, 0.3) is 0 Å². The fraction of sp³-hybridized carbons (Fsp3) is 0.857. The van der Waals surface area contributed by atoms with E-state index in [0.717, 1.165) is 77.8 Å². The molecule has 0 rings (SSSR count). The average molecular weight is 973 g/mol. The lowest BCUT2D eigenvalue weighted by Gasteiger charge is -2.35. The van der Waals surface area contributed by atoms with Crippen LogP contribution < -0.4 is 32.3 Å². The summed E-state index contributed by atoms with van der Waals surface area (Å²) in [5.74, 6) is -4.57. The second-order valence-electron chi connectivity index (χ2n) is 16.7. The second-order valence-corrected chi connectivity index (χ2v) is 16.7. The highest BCUT2D eigenvalue weighted by molar-refractivity contribution is 5.88. The zero-order valence-electron chi connectivity index (χ0n) is 42.5. The number of ether oxygens (including phenoxy) is 6. The van der Waals surface area contributed by atoms with Gasteiger partial charge in [-0.2, -0.15) is 0 Å². The number of hydrogen-bond donors (Lipinski definition) is 6. The molecule has 0 aliphatic heterocycles. The van der Waals surface area contributed by atoms with Crippen LogP contribution in [0.4, 0.5) is 0 Å². The summed E-state index contributed by atoms with van der Waals surface area (Å²) in [6.45, 7) is 13.6. The van der Waals surface area contributed by atoms with Crippen LogP contribution in [0, 0.1) is 0 Å². The molecule has 0 fully saturated rings. The van der Waals surface area contributed by atoms with E-state index in [1.54, 1.807) is 7.11 Å². The van der Waals surface area contributed by atoms with Crippen molar-refractivity contribution in [2.24, 2.45) is 5.73 Å². The Morgan fingerprint density at radius 1 is 0.441 bits per heavy atom. The van der Waals surface area contributed by atoms with E-state index < -0.39 is 60.0 Å². The molecule has 0 saturated heterocycles.